The highest BCUT2D eigenvalue weighted by Crippen LogP contribution is 2.37. The van der Waals surface area contributed by atoms with E-state index in [4.69, 9.17) is 0 Å². The van der Waals surface area contributed by atoms with Gasteiger partial charge in [-0.1, -0.05) is 23.9 Å². The van der Waals surface area contributed by atoms with Crippen molar-refractivity contribution in [1.82, 2.24) is 24.7 Å². The van der Waals surface area contributed by atoms with Gasteiger partial charge in [-0.05, 0) is 44.9 Å². The highest BCUT2D eigenvalue weighted by Gasteiger charge is 2.27. The minimum atomic E-state index is 0.169. The number of piperidine rings is 1. The molecule has 5 rings (SSSR count). The Kier molecular flexibility index (Phi) is 5.41. The van der Waals surface area contributed by atoms with Crippen molar-refractivity contribution in [2.75, 3.05) is 6.54 Å². The molecule has 0 amide bonds. The molecular formula is C25H23N7S. The number of fused-ring (bicyclic) bond motifs is 1. The van der Waals surface area contributed by atoms with Gasteiger partial charge in [-0.15, -0.1) is 0 Å². The Morgan fingerprint density at radius 1 is 1.03 bits per heavy atom. The molecule has 7 nitrogen and oxygen atoms in total. The van der Waals surface area contributed by atoms with E-state index in [-0.39, 0.29) is 5.54 Å². The first-order chi connectivity index (χ1) is 16.0. The van der Waals surface area contributed by atoms with Crippen molar-refractivity contribution < 1.29 is 0 Å². The Morgan fingerprint density at radius 2 is 1.85 bits per heavy atom. The summed E-state index contributed by atoms with van der Waals surface area (Å²) in [6.07, 6.45) is 9.66. The Labute approximate surface area is 196 Å². The molecule has 33 heavy (non-hydrogen) atoms. The van der Waals surface area contributed by atoms with E-state index in [0.29, 0.717) is 17.2 Å². The molecular weight excluding hydrogens is 430 g/mol. The fraction of sp³-hybridized carbons (Fsp3) is 0.280. The first-order valence-electron chi connectivity index (χ1n) is 10.9. The lowest BCUT2D eigenvalue weighted by Gasteiger charge is -2.35. The van der Waals surface area contributed by atoms with Crippen molar-refractivity contribution in [2.24, 2.45) is 0 Å². The van der Waals surface area contributed by atoms with Crippen LogP contribution in [0.15, 0.2) is 64.9 Å². The van der Waals surface area contributed by atoms with Crippen LogP contribution in [0, 0.1) is 22.7 Å². The van der Waals surface area contributed by atoms with E-state index in [0.717, 1.165) is 45.8 Å². The molecule has 0 unspecified atom stereocenters. The fourth-order valence-corrected chi connectivity index (χ4v) is 5.29. The summed E-state index contributed by atoms with van der Waals surface area (Å²) in [5.74, 6) is 0. The Balaban J connectivity index is 1.53. The molecule has 1 N–H and O–H groups in total. The maximum absolute atomic E-state index is 9.60. The van der Waals surface area contributed by atoms with Crippen LogP contribution in [-0.2, 0) is 0 Å². The first kappa shape index (κ1) is 21.3. The number of hydrogen-bond acceptors (Lipinski definition) is 6. The summed E-state index contributed by atoms with van der Waals surface area (Å²) in [4.78, 5) is 1.72. The minimum absolute atomic E-state index is 0.169. The lowest BCUT2D eigenvalue weighted by Crippen LogP contribution is -2.47. The fourth-order valence-electron chi connectivity index (χ4n) is 4.19. The van der Waals surface area contributed by atoms with E-state index in [2.05, 4.69) is 53.8 Å². The van der Waals surface area contributed by atoms with Crippen LogP contribution in [0.5, 0.6) is 0 Å². The van der Waals surface area contributed by atoms with Gasteiger partial charge in [-0.3, -0.25) is 4.68 Å². The first-order valence-corrected chi connectivity index (χ1v) is 11.7. The smallest absolute Gasteiger partial charge is 0.103 e. The number of nitriles is 2. The molecule has 1 saturated heterocycles. The third kappa shape index (κ3) is 4.11. The van der Waals surface area contributed by atoms with E-state index in [1.54, 1.807) is 16.8 Å². The third-order valence-corrected chi connectivity index (χ3v) is 7.26. The summed E-state index contributed by atoms with van der Waals surface area (Å²) in [6.45, 7) is 5.36. The molecule has 1 aliphatic rings. The van der Waals surface area contributed by atoms with Crippen molar-refractivity contribution in [3.05, 3.63) is 66.2 Å². The second kappa shape index (κ2) is 8.40. The second-order valence-electron chi connectivity index (χ2n) is 8.93. The molecule has 1 atom stereocenters. The maximum Gasteiger partial charge on any atom is 0.103 e. The van der Waals surface area contributed by atoms with Crippen LogP contribution in [0.25, 0.3) is 16.6 Å². The number of benzene rings is 1. The molecule has 0 aliphatic carbocycles. The van der Waals surface area contributed by atoms with Crippen molar-refractivity contribution in [3.63, 3.8) is 0 Å². The number of nitrogens with one attached hydrogen (secondary N) is 1. The highest BCUT2D eigenvalue weighted by molar-refractivity contribution is 7.99. The lowest BCUT2D eigenvalue weighted by molar-refractivity contribution is 0.232. The SMILES string of the molecule is CC1(C)CC[C@@H](n2cc(-c3cc(Sc4ccccc4C#N)c4c(C#N)cnn4c3)cn2)CN1. The van der Waals surface area contributed by atoms with Crippen LogP contribution in [0.1, 0.15) is 43.9 Å². The second-order valence-corrected chi connectivity index (χ2v) is 10.0. The minimum Gasteiger partial charge on any atom is -0.310 e. The van der Waals surface area contributed by atoms with Gasteiger partial charge in [-0.2, -0.15) is 20.7 Å². The number of nitrogens with zero attached hydrogens (tertiary/aromatic N) is 6. The number of pyridine rings is 1. The van der Waals surface area contributed by atoms with Crippen molar-refractivity contribution >= 4 is 17.3 Å². The summed E-state index contributed by atoms with van der Waals surface area (Å²) in [5, 5.41) is 31.8. The standard InChI is InChI=1S/C25H23N7S/c1-25(2)8-7-21(14-28-25)31-16-20(13-29-31)18-9-23(24-19(11-27)12-30-32(24)15-18)33-22-6-4-3-5-17(22)10-26/h3-6,9,12-13,15-16,21,28H,7-8,14H2,1-2H3/t21-/m1/s1. The monoisotopic (exact) mass is 453 g/mol. The van der Waals surface area contributed by atoms with Gasteiger partial charge in [0.1, 0.15) is 12.1 Å². The molecule has 0 radical (unpaired) electrons. The molecule has 0 spiro atoms. The van der Waals surface area contributed by atoms with E-state index < -0.39 is 0 Å². The van der Waals surface area contributed by atoms with E-state index in [9.17, 15) is 10.5 Å². The van der Waals surface area contributed by atoms with Crippen LogP contribution >= 0.6 is 11.8 Å². The van der Waals surface area contributed by atoms with E-state index in [1.807, 2.05) is 35.3 Å². The number of rotatable bonds is 4. The molecule has 3 aromatic heterocycles. The Hall–Kier alpha value is -3.59. The summed E-state index contributed by atoms with van der Waals surface area (Å²) in [5.41, 5.74) is 3.97. The highest BCUT2D eigenvalue weighted by atomic mass is 32.2. The van der Waals surface area contributed by atoms with Crippen molar-refractivity contribution in [1.29, 1.82) is 10.5 Å². The van der Waals surface area contributed by atoms with Gasteiger partial charge < -0.3 is 5.32 Å². The molecule has 1 aliphatic heterocycles. The van der Waals surface area contributed by atoms with Crippen molar-refractivity contribution in [2.45, 2.75) is 48.1 Å². The average Bonchev–Trinajstić information content (AvgIpc) is 3.47. The van der Waals surface area contributed by atoms with Gasteiger partial charge in [0, 0.05) is 45.4 Å². The average molecular weight is 454 g/mol. The lowest BCUT2D eigenvalue weighted by atomic mass is 9.91. The quantitative estimate of drug-likeness (QED) is 0.477. The molecule has 8 heteroatoms. The molecule has 1 fully saturated rings. The van der Waals surface area contributed by atoms with Gasteiger partial charge >= 0.3 is 0 Å². The van der Waals surface area contributed by atoms with Gasteiger partial charge in [0.15, 0.2) is 0 Å². The van der Waals surface area contributed by atoms with Crippen LogP contribution in [-0.4, -0.2) is 31.5 Å². The zero-order valence-corrected chi connectivity index (χ0v) is 19.3. The number of aromatic nitrogens is 4. The zero-order chi connectivity index (χ0) is 23.0. The van der Waals surface area contributed by atoms with Crippen LogP contribution in [0.3, 0.4) is 0 Å². The van der Waals surface area contributed by atoms with E-state index in [1.165, 1.54) is 11.8 Å². The third-order valence-electron chi connectivity index (χ3n) is 6.15. The van der Waals surface area contributed by atoms with Crippen LogP contribution in [0.2, 0.25) is 0 Å². The predicted octanol–water partition coefficient (Wildman–Crippen LogP) is 4.80. The van der Waals surface area contributed by atoms with E-state index >= 15 is 0 Å². The Bertz CT molecular complexity index is 1410. The summed E-state index contributed by atoms with van der Waals surface area (Å²) < 4.78 is 3.79. The topological polar surface area (TPSA) is 94.7 Å². The van der Waals surface area contributed by atoms with Gasteiger partial charge in [-0.25, -0.2) is 4.52 Å². The summed E-state index contributed by atoms with van der Waals surface area (Å²) >= 11 is 1.47. The molecule has 1 aromatic carbocycles. The summed E-state index contributed by atoms with van der Waals surface area (Å²) in [6, 6.07) is 14.3. The molecule has 4 aromatic rings. The van der Waals surface area contributed by atoms with Gasteiger partial charge in [0.2, 0.25) is 0 Å². The molecule has 0 saturated carbocycles. The normalized spacial score (nSPS) is 17.5. The summed E-state index contributed by atoms with van der Waals surface area (Å²) in [7, 11) is 0. The molecule has 164 valence electrons. The van der Waals surface area contributed by atoms with Crippen molar-refractivity contribution in [3.8, 4) is 23.3 Å². The Morgan fingerprint density at radius 3 is 2.61 bits per heavy atom. The van der Waals surface area contributed by atoms with Crippen LogP contribution < -0.4 is 5.32 Å². The molecule has 0 bridgehead atoms. The number of hydrogen-bond donors (Lipinski definition) is 1. The zero-order valence-electron chi connectivity index (χ0n) is 18.5. The predicted molar refractivity (Wildman–Crippen MR) is 127 cm³/mol. The van der Waals surface area contributed by atoms with Crippen LogP contribution in [0.4, 0.5) is 0 Å². The largest absolute Gasteiger partial charge is 0.310 e. The molecule has 4 heterocycles. The van der Waals surface area contributed by atoms with Gasteiger partial charge in [0.25, 0.3) is 0 Å². The maximum atomic E-state index is 9.60. The van der Waals surface area contributed by atoms with Gasteiger partial charge in [0.05, 0.1) is 35.1 Å².